The molecule has 3 rings (SSSR count). The van der Waals surface area contributed by atoms with Crippen molar-refractivity contribution in [3.8, 4) is 5.75 Å². The highest BCUT2D eigenvalue weighted by Crippen LogP contribution is 2.40. The van der Waals surface area contributed by atoms with E-state index in [2.05, 4.69) is 0 Å². The smallest absolute Gasteiger partial charge is 0.308 e. The predicted molar refractivity (Wildman–Crippen MR) is 118 cm³/mol. The van der Waals surface area contributed by atoms with Gasteiger partial charge < -0.3 is 14.7 Å². The molecule has 162 valence electrons. The van der Waals surface area contributed by atoms with Crippen LogP contribution in [0.4, 0.5) is 0 Å². The lowest BCUT2D eigenvalue weighted by Gasteiger charge is -2.25. The number of rotatable bonds is 6. The minimum absolute atomic E-state index is 0.0280. The summed E-state index contributed by atoms with van der Waals surface area (Å²) in [5.74, 6) is -1.89. The molecule has 8 heteroatoms. The molecule has 1 atom stereocenters. The van der Waals surface area contributed by atoms with Gasteiger partial charge in [-0.3, -0.25) is 14.4 Å². The zero-order valence-electron chi connectivity index (χ0n) is 17.0. The molecule has 0 radical (unpaired) electrons. The summed E-state index contributed by atoms with van der Waals surface area (Å²) in [6, 6.07) is 10.2. The van der Waals surface area contributed by atoms with Crippen LogP contribution in [0.15, 0.2) is 48.0 Å². The molecule has 1 heterocycles. The number of amides is 1. The SMILES string of the molecule is CCCCN1C(=O)C(=O)/C(=C(\O)c2ccc(Cl)c(Cl)c2)C1c1ccc(OC(C)=O)cc1. The topological polar surface area (TPSA) is 83.9 Å². The highest BCUT2D eigenvalue weighted by molar-refractivity contribution is 6.46. The number of aliphatic hydroxyl groups excluding tert-OH is 1. The van der Waals surface area contributed by atoms with Crippen molar-refractivity contribution in [3.05, 3.63) is 69.2 Å². The van der Waals surface area contributed by atoms with E-state index in [1.807, 2.05) is 6.92 Å². The van der Waals surface area contributed by atoms with Gasteiger partial charge in [0.2, 0.25) is 0 Å². The second kappa shape index (κ2) is 9.54. The van der Waals surface area contributed by atoms with Crippen LogP contribution >= 0.6 is 23.2 Å². The van der Waals surface area contributed by atoms with Crippen LogP contribution in [-0.2, 0) is 14.4 Å². The molecule has 6 nitrogen and oxygen atoms in total. The Kier molecular flexibility index (Phi) is 7.03. The average molecular weight is 462 g/mol. The van der Waals surface area contributed by atoms with Gasteiger partial charge >= 0.3 is 5.97 Å². The maximum absolute atomic E-state index is 12.9. The van der Waals surface area contributed by atoms with E-state index in [1.165, 1.54) is 30.0 Å². The molecule has 2 aromatic rings. The van der Waals surface area contributed by atoms with Crippen molar-refractivity contribution in [2.24, 2.45) is 0 Å². The summed E-state index contributed by atoms with van der Waals surface area (Å²) in [6.45, 7) is 3.63. The first-order chi connectivity index (χ1) is 14.7. The number of hydrogen-bond donors (Lipinski definition) is 1. The summed E-state index contributed by atoms with van der Waals surface area (Å²) in [5.41, 5.74) is 0.858. The number of nitrogens with zero attached hydrogens (tertiary/aromatic N) is 1. The van der Waals surface area contributed by atoms with E-state index in [9.17, 15) is 19.5 Å². The molecule has 0 aromatic heterocycles. The van der Waals surface area contributed by atoms with Gasteiger partial charge in [-0.1, -0.05) is 48.7 Å². The van der Waals surface area contributed by atoms with Crippen molar-refractivity contribution in [1.82, 2.24) is 4.90 Å². The summed E-state index contributed by atoms with van der Waals surface area (Å²) in [5, 5.41) is 11.5. The Morgan fingerprint density at radius 2 is 1.77 bits per heavy atom. The Morgan fingerprint density at radius 3 is 2.35 bits per heavy atom. The fourth-order valence-corrected chi connectivity index (χ4v) is 3.77. The lowest BCUT2D eigenvalue weighted by Crippen LogP contribution is -2.30. The number of hydrogen-bond acceptors (Lipinski definition) is 5. The van der Waals surface area contributed by atoms with Gasteiger partial charge in [0, 0.05) is 19.0 Å². The number of likely N-dealkylation sites (tertiary alicyclic amines) is 1. The number of ketones is 1. The lowest BCUT2D eigenvalue weighted by molar-refractivity contribution is -0.139. The van der Waals surface area contributed by atoms with E-state index in [1.54, 1.807) is 24.3 Å². The Balaban J connectivity index is 2.12. The maximum atomic E-state index is 12.9. The van der Waals surface area contributed by atoms with Gasteiger partial charge in [-0.05, 0) is 42.3 Å². The molecular formula is C23H21Cl2NO5. The molecule has 1 amide bonds. The van der Waals surface area contributed by atoms with Crippen molar-refractivity contribution < 1.29 is 24.2 Å². The Hall–Kier alpha value is -2.83. The zero-order valence-corrected chi connectivity index (χ0v) is 18.5. The molecule has 1 aliphatic rings. The van der Waals surface area contributed by atoms with Gasteiger partial charge in [-0.25, -0.2) is 0 Å². The lowest BCUT2D eigenvalue weighted by atomic mass is 9.95. The number of esters is 1. The van der Waals surface area contributed by atoms with Crippen LogP contribution in [0, 0.1) is 0 Å². The quantitative estimate of drug-likeness (QED) is 0.211. The molecule has 1 aliphatic heterocycles. The monoisotopic (exact) mass is 461 g/mol. The van der Waals surface area contributed by atoms with Crippen LogP contribution in [-0.4, -0.2) is 34.2 Å². The molecule has 1 unspecified atom stereocenters. The minimum Gasteiger partial charge on any atom is -0.507 e. The molecule has 0 bridgehead atoms. The summed E-state index contributed by atoms with van der Waals surface area (Å²) in [4.78, 5) is 38.3. The largest absolute Gasteiger partial charge is 0.507 e. The molecule has 1 saturated heterocycles. The number of benzene rings is 2. The van der Waals surface area contributed by atoms with Crippen molar-refractivity contribution >= 4 is 46.6 Å². The molecule has 0 aliphatic carbocycles. The first-order valence-corrected chi connectivity index (χ1v) is 10.5. The first kappa shape index (κ1) is 22.8. The van der Waals surface area contributed by atoms with Gasteiger partial charge in [0.15, 0.2) is 0 Å². The van der Waals surface area contributed by atoms with E-state index in [4.69, 9.17) is 27.9 Å². The van der Waals surface area contributed by atoms with Gasteiger partial charge in [0.25, 0.3) is 11.7 Å². The number of aliphatic hydroxyl groups is 1. The first-order valence-electron chi connectivity index (χ1n) is 9.76. The molecule has 1 fully saturated rings. The summed E-state index contributed by atoms with van der Waals surface area (Å²) < 4.78 is 5.06. The highest BCUT2D eigenvalue weighted by Gasteiger charge is 2.45. The molecule has 0 saturated carbocycles. The van der Waals surface area contributed by atoms with E-state index in [0.717, 1.165) is 6.42 Å². The van der Waals surface area contributed by atoms with Crippen LogP contribution in [0.25, 0.3) is 5.76 Å². The Labute approximate surface area is 190 Å². The third-order valence-corrected chi connectivity index (χ3v) is 5.68. The molecule has 2 aromatic carbocycles. The molecule has 31 heavy (non-hydrogen) atoms. The Bertz CT molecular complexity index is 1060. The summed E-state index contributed by atoms with van der Waals surface area (Å²) >= 11 is 12.0. The van der Waals surface area contributed by atoms with Crippen LogP contribution in [0.5, 0.6) is 5.75 Å². The van der Waals surface area contributed by atoms with Crippen molar-refractivity contribution in [2.45, 2.75) is 32.7 Å². The second-order valence-corrected chi connectivity index (χ2v) is 7.95. The maximum Gasteiger partial charge on any atom is 0.308 e. The number of ether oxygens (including phenoxy) is 1. The molecular weight excluding hydrogens is 441 g/mol. The fraction of sp³-hybridized carbons (Fsp3) is 0.261. The third kappa shape index (κ3) is 4.75. The Morgan fingerprint density at radius 1 is 1.10 bits per heavy atom. The van der Waals surface area contributed by atoms with Crippen LogP contribution in [0.3, 0.4) is 0 Å². The van der Waals surface area contributed by atoms with E-state index < -0.39 is 23.7 Å². The van der Waals surface area contributed by atoms with Gasteiger partial charge in [-0.15, -0.1) is 0 Å². The van der Waals surface area contributed by atoms with Gasteiger partial charge in [0.05, 0.1) is 21.7 Å². The number of unbranched alkanes of at least 4 members (excludes halogenated alkanes) is 1. The van der Waals surface area contributed by atoms with Crippen LogP contribution in [0.1, 0.15) is 43.9 Å². The van der Waals surface area contributed by atoms with Gasteiger partial charge in [-0.2, -0.15) is 0 Å². The summed E-state index contributed by atoms with van der Waals surface area (Å²) in [7, 11) is 0. The summed E-state index contributed by atoms with van der Waals surface area (Å²) in [6.07, 6.45) is 1.52. The number of carbonyl (C=O) groups excluding carboxylic acids is 3. The number of halogens is 2. The van der Waals surface area contributed by atoms with E-state index in [-0.39, 0.29) is 21.9 Å². The third-order valence-electron chi connectivity index (χ3n) is 4.94. The predicted octanol–water partition coefficient (Wildman–Crippen LogP) is 5.14. The van der Waals surface area contributed by atoms with Crippen molar-refractivity contribution in [2.75, 3.05) is 6.54 Å². The van der Waals surface area contributed by atoms with Crippen LogP contribution in [0.2, 0.25) is 10.0 Å². The van der Waals surface area contributed by atoms with Gasteiger partial charge in [0.1, 0.15) is 11.5 Å². The van der Waals surface area contributed by atoms with Crippen molar-refractivity contribution in [3.63, 3.8) is 0 Å². The number of carbonyl (C=O) groups is 3. The standard InChI is InChI=1S/C23H21Cl2NO5/c1-3-4-11-26-20(14-5-8-16(9-6-14)31-13(2)27)19(22(29)23(26)30)21(28)15-7-10-17(24)18(25)12-15/h5-10,12,20,28H,3-4,11H2,1-2H3/b21-19-. The second-order valence-electron chi connectivity index (χ2n) is 7.14. The molecule has 1 N–H and O–H groups in total. The van der Waals surface area contributed by atoms with Crippen molar-refractivity contribution in [1.29, 1.82) is 0 Å². The molecule has 0 spiro atoms. The number of Topliss-reactive ketones (excluding diaryl/α,β-unsaturated/α-hetero) is 1. The minimum atomic E-state index is -0.785. The highest BCUT2D eigenvalue weighted by atomic mass is 35.5. The normalized spacial score (nSPS) is 17.8. The fourth-order valence-electron chi connectivity index (χ4n) is 3.47. The van der Waals surface area contributed by atoms with E-state index in [0.29, 0.717) is 29.3 Å². The van der Waals surface area contributed by atoms with Crippen LogP contribution < -0.4 is 4.74 Å². The van der Waals surface area contributed by atoms with E-state index >= 15 is 0 Å². The zero-order chi connectivity index (χ0) is 22.7. The average Bonchev–Trinajstić information content (AvgIpc) is 2.98.